The molecule has 10 nitrogen and oxygen atoms in total. The topological polar surface area (TPSA) is 120 Å². The van der Waals surface area contributed by atoms with Crippen molar-refractivity contribution < 1.29 is 14.1 Å². The largest absolute Gasteiger partial charge is 0.306 e. The molecule has 1 atom stereocenters. The van der Waals surface area contributed by atoms with E-state index in [1.165, 1.54) is 24.1 Å². The zero-order valence-electron chi connectivity index (χ0n) is 13.3. The minimum Gasteiger partial charge on any atom is -0.273 e. The van der Waals surface area contributed by atoms with Gasteiger partial charge in [0.05, 0.1) is 34.9 Å². The number of hydrazone groups is 1. The van der Waals surface area contributed by atoms with Crippen LogP contribution in [-0.2, 0) is 18.4 Å². The number of nitrogens with zero attached hydrogens (tertiary/aromatic N) is 6. The van der Waals surface area contributed by atoms with Crippen LogP contribution in [-0.4, -0.2) is 36.6 Å². The molecule has 0 aliphatic rings. The van der Waals surface area contributed by atoms with Gasteiger partial charge in [0.2, 0.25) is 11.9 Å². The van der Waals surface area contributed by atoms with Gasteiger partial charge in [0.1, 0.15) is 12.4 Å². The lowest BCUT2D eigenvalue weighted by atomic mass is 10.2. The Balaban J connectivity index is 1.93. The molecule has 1 amide bonds. The van der Waals surface area contributed by atoms with Crippen LogP contribution in [0.25, 0.3) is 0 Å². The van der Waals surface area contributed by atoms with Crippen molar-refractivity contribution in [1.29, 1.82) is 0 Å². The first kappa shape index (κ1) is 17.2. The quantitative estimate of drug-likeness (QED) is 0.474. The van der Waals surface area contributed by atoms with E-state index in [0.29, 0.717) is 5.69 Å². The molecular formula is C13H16FN7O3. The van der Waals surface area contributed by atoms with Crippen molar-refractivity contribution in [2.24, 2.45) is 18.1 Å². The summed E-state index contributed by atoms with van der Waals surface area (Å²) in [5.74, 6) is -1.52. The molecule has 0 aliphatic carbocycles. The molecule has 11 heteroatoms. The molecule has 1 N–H and O–H groups in total. The Morgan fingerprint density at radius 2 is 2.33 bits per heavy atom. The molecule has 1 unspecified atom stereocenters. The van der Waals surface area contributed by atoms with Crippen LogP contribution in [0.2, 0.25) is 0 Å². The molecule has 0 bridgehead atoms. The summed E-state index contributed by atoms with van der Waals surface area (Å²) in [5, 5.41) is 22.0. The van der Waals surface area contributed by atoms with Gasteiger partial charge in [-0.15, -0.1) is 0 Å². The first-order valence-corrected chi connectivity index (χ1v) is 6.98. The summed E-state index contributed by atoms with van der Waals surface area (Å²) in [4.78, 5) is 22.0. The Bertz CT molecular complexity index is 796. The van der Waals surface area contributed by atoms with Gasteiger partial charge < -0.3 is 0 Å². The number of aromatic nitrogens is 4. The highest BCUT2D eigenvalue weighted by atomic mass is 19.1. The zero-order valence-corrected chi connectivity index (χ0v) is 13.3. The van der Waals surface area contributed by atoms with E-state index >= 15 is 0 Å². The minimum absolute atomic E-state index is 0.148. The maximum Gasteiger partial charge on any atom is 0.306 e. The second-order valence-electron chi connectivity index (χ2n) is 5.23. The molecule has 0 aliphatic heterocycles. The summed E-state index contributed by atoms with van der Waals surface area (Å²) in [5.41, 5.74) is 2.78. The normalized spacial score (nSPS) is 12.5. The van der Waals surface area contributed by atoms with E-state index in [2.05, 4.69) is 20.7 Å². The third kappa shape index (κ3) is 3.80. The molecule has 0 saturated heterocycles. The third-order valence-corrected chi connectivity index (χ3v) is 3.30. The first-order valence-electron chi connectivity index (χ1n) is 6.98. The predicted octanol–water partition coefficient (Wildman–Crippen LogP) is 0.759. The molecule has 2 heterocycles. The number of nitrogens with one attached hydrogen (secondary N) is 1. The lowest BCUT2D eigenvalue weighted by Gasteiger charge is -2.08. The van der Waals surface area contributed by atoms with Gasteiger partial charge >= 0.3 is 5.69 Å². The number of hydrogen-bond donors (Lipinski definition) is 1. The van der Waals surface area contributed by atoms with Crippen molar-refractivity contribution >= 4 is 17.8 Å². The van der Waals surface area contributed by atoms with Gasteiger partial charge in [0.15, 0.2) is 0 Å². The van der Waals surface area contributed by atoms with E-state index in [9.17, 15) is 19.3 Å². The Kier molecular flexibility index (Phi) is 5.02. The van der Waals surface area contributed by atoms with Crippen molar-refractivity contribution in [3.63, 3.8) is 0 Å². The number of carbonyl (C=O) groups is 1. The zero-order chi connectivity index (χ0) is 17.9. The number of rotatable bonds is 6. The van der Waals surface area contributed by atoms with E-state index in [4.69, 9.17) is 0 Å². The van der Waals surface area contributed by atoms with E-state index in [-0.39, 0.29) is 17.8 Å². The highest BCUT2D eigenvalue weighted by molar-refractivity contribution is 5.84. The summed E-state index contributed by atoms with van der Waals surface area (Å²) in [6.07, 6.45) is 3.53. The Morgan fingerprint density at radius 1 is 1.62 bits per heavy atom. The van der Waals surface area contributed by atoms with Crippen molar-refractivity contribution in [3.8, 4) is 0 Å². The molecule has 0 radical (unpaired) electrons. The monoisotopic (exact) mass is 337 g/mol. The first-order chi connectivity index (χ1) is 11.3. The highest BCUT2D eigenvalue weighted by Crippen LogP contribution is 2.10. The van der Waals surface area contributed by atoms with Gasteiger partial charge in [-0.3, -0.25) is 19.6 Å². The van der Waals surface area contributed by atoms with Crippen LogP contribution in [0.3, 0.4) is 0 Å². The molecule has 2 aromatic rings. The molecule has 2 aromatic heterocycles. The van der Waals surface area contributed by atoms with Crippen molar-refractivity contribution in [2.45, 2.75) is 20.4 Å². The van der Waals surface area contributed by atoms with Crippen LogP contribution in [0.1, 0.15) is 18.2 Å². The van der Waals surface area contributed by atoms with E-state index in [1.807, 2.05) is 0 Å². The molecule has 128 valence electrons. The summed E-state index contributed by atoms with van der Waals surface area (Å²) in [6.45, 7) is 3.39. The fourth-order valence-electron chi connectivity index (χ4n) is 1.97. The van der Waals surface area contributed by atoms with Crippen molar-refractivity contribution in [2.75, 3.05) is 0 Å². The number of halogens is 1. The molecule has 0 spiro atoms. The Morgan fingerprint density at radius 3 is 2.88 bits per heavy atom. The van der Waals surface area contributed by atoms with Crippen molar-refractivity contribution in [1.82, 2.24) is 25.0 Å². The van der Waals surface area contributed by atoms with E-state index < -0.39 is 22.7 Å². The summed E-state index contributed by atoms with van der Waals surface area (Å²) in [6, 6.07) is 0. The van der Waals surface area contributed by atoms with Crippen LogP contribution in [0.15, 0.2) is 17.5 Å². The summed E-state index contributed by atoms with van der Waals surface area (Å²) in [7, 11) is 1.46. The van der Waals surface area contributed by atoms with Crippen molar-refractivity contribution in [3.05, 3.63) is 39.7 Å². The van der Waals surface area contributed by atoms with E-state index in [1.54, 1.807) is 13.8 Å². The smallest absolute Gasteiger partial charge is 0.273 e. The van der Waals surface area contributed by atoms with Gasteiger partial charge in [0, 0.05) is 7.05 Å². The average Bonchev–Trinajstić information content (AvgIpc) is 3.07. The highest BCUT2D eigenvalue weighted by Gasteiger charge is 2.16. The number of aryl methyl sites for hydroxylation is 2. The maximum atomic E-state index is 13.7. The van der Waals surface area contributed by atoms with Gasteiger partial charge in [-0.05, 0) is 6.92 Å². The number of nitro groups is 1. The molecule has 0 saturated carbocycles. The fraction of sp³-hybridized carbons (Fsp3) is 0.385. The predicted molar refractivity (Wildman–Crippen MR) is 81.7 cm³/mol. The van der Waals surface area contributed by atoms with Gasteiger partial charge in [0.25, 0.3) is 0 Å². The summed E-state index contributed by atoms with van der Waals surface area (Å²) < 4.78 is 16.1. The lowest BCUT2D eigenvalue weighted by molar-refractivity contribution is -0.385. The molecule has 0 fully saturated rings. The molecule has 2 rings (SSSR count). The van der Waals surface area contributed by atoms with Crippen LogP contribution in [0.5, 0.6) is 0 Å². The summed E-state index contributed by atoms with van der Waals surface area (Å²) >= 11 is 0. The van der Waals surface area contributed by atoms with E-state index in [0.717, 1.165) is 10.9 Å². The SMILES string of the molecule is Cc1nn(C)c(F)c1C=NNC(=O)C(C)Cn1cc([N+](=O)[O-])cn1. The van der Waals surface area contributed by atoms with Crippen LogP contribution in [0, 0.1) is 28.9 Å². The molecular weight excluding hydrogens is 321 g/mol. The molecule has 0 aromatic carbocycles. The van der Waals surface area contributed by atoms with Crippen LogP contribution >= 0.6 is 0 Å². The Labute approximate surface area is 136 Å². The third-order valence-electron chi connectivity index (χ3n) is 3.30. The number of carbonyl (C=O) groups excluding carboxylic acids is 1. The molecule has 24 heavy (non-hydrogen) atoms. The minimum atomic E-state index is -0.566. The van der Waals surface area contributed by atoms with Gasteiger partial charge in [-0.2, -0.15) is 19.7 Å². The number of hydrogen-bond acceptors (Lipinski definition) is 6. The second-order valence-corrected chi connectivity index (χ2v) is 5.23. The standard InChI is InChI=1S/C13H16FN7O3/c1-8(6-20-7-10(4-16-20)21(23)24)13(22)17-15-5-11-9(2)18-19(3)12(11)14/h4-5,7-8H,6H2,1-3H3,(H,17,22). The number of amides is 1. The van der Waals surface area contributed by atoms with Gasteiger partial charge in [-0.1, -0.05) is 6.92 Å². The lowest BCUT2D eigenvalue weighted by Crippen LogP contribution is -2.28. The van der Waals surface area contributed by atoms with Crippen LogP contribution in [0.4, 0.5) is 10.1 Å². The van der Waals surface area contributed by atoms with Crippen LogP contribution < -0.4 is 5.43 Å². The van der Waals surface area contributed by atoms with Gasteiger partial charge in [-0.25, -0.2) is 10.1 Å². The average molecular weight is 337 g/mol. The Hall–Kier alpha value is -3.11. The maximum absolute atomic E-state index is 13.7. The second kappa shape index (κ2) is 6.98. The fourth-order valence-corrected chi connectivity index (χ4v) is 1.97.